The maximum Gasteiger partial charge on any atom is 0.616 e. The molecule has 0 unspecified atom stereocenters. The summed E-state index contributed by atoms with van der Waals surface area (Å²) in [6.45, 7) is -0.877. The van der Waals surface area contributed by atoms with Gasteiger partial charge in [-0.15, -0.1) is 0 Å². The number of aliphatic hydroxyl groups excluding tert-OH is 2. The maximum atomic E-state index is 11.8. The van der Waals surface area contributed by atoms with Crippen LogP contribution in [0.15, 0.2) is 21.9 Å². The van der Waals surface area contributed by atoms with Crippen LogP contribution in [0.4, 0.5) is 0 Å². The summed E-state index contributed by atoms with van der Waals surface area (Å²) in [6, 6.07) is 0.952. The molecule has 4 atom stereocenters. The molecule has 1 aliphatic rings. The first kappa shape index (κ1) is 24.7. The van der Waals surface area contributed by atoms with Gasteiger partial charge in [-0.1, -0.05) is 0 Å². The van der Waals surface area contributed by atoms with Crippen molar-refractivity contribution in [2.24, 2.45) is 0 Å². The monoisotopic (exact) mass is 486 g/mol. The first-order valence-electron chi connectivity index (χ1n) is 7.35. The zero-order valence-electron chi connectivity index (χ0n) is 14.0. The summed E-state index contributed by atoms with van der Waals surface area (Å²) in [5.41, 5.74) is -1.68. The molecule has 1 aromatic heterocycles. The summed E-state index contributed by atoms with van der Waals surface area (Å²) in [5, 5.41) is 20.0. The SMILES string of the molecule is O=c1ccn([C@@H]2O[C@H](CO[P+](O)(O)N[P+](O)(O)O[P+](O)(O)O)[C@@H](O)[C@H]2O)c(=O)[nH]1. The fraction of sp³-hybridized carbons (Fsp3) is 0.556. The van der Waals surface area contributed by atoms with Gasteiger partial charge >= 0.3 is 30.0 Å². The third-order valence-corrected chi connectivity index (χ3v) is 7.75. The minimum absolute atomic E-state index is 0.720. The molecule has 0 spiro atoms. The van der Waals surface area contributed by atoms with E-state index in [0.717, 1.165) is 16.8 Å². The molecule has 0 bridgehead atoms. The number of H-pyrrole nitrogens is 1. The van der Waals surface area contributed by atoms with Crippen LogP contribution >= 0.6 is 24.4 Å². The van der Waals surface area contributed by atoms with E-state index < -0.39 is 66.8 Å². The van der Waals surface area contributed by atoms with Crippen molar-refractivity contribution in [3.63, 3.8) is 0 Å². The highest BCUT2D eigenvalue weighted by Gasteiger charge is 2.65. The van der Waals surface area contributed by atoms with Gasteiger partial charge in [0.05, 0.1) is 9.17 Å². The molecule has 1 aliphatic heterocycles. The number of hydrogen-bond donors (Lipinski definition) is 11. The lowest BCUT2D eigenvalue weighted by molar-refractivity contribution is -0.0538. The van der Waals surface area contributed by atoms with Crippen LogP contribution in [-0.2, 0) is 13.6 Å². The van der Waals surface area contributed by atoms with Gasteiger partial charge in [-0.25, -0.2) is 4.79 Å². The molecular weight excluding hydrogens is 467 g/mol. The number of rotatable bonds is 8. The fourth-order valence-electron chi connectivity index (χ4n) is 2.27. The molecule has 0 aromatic carbocycles. The Kier molecular flexibility index (Phi) is 7.59. The lowest BCUT2D eigenvalue weighted by Gasteiger charge is -2.17. The van der Waals surface area contributed by atoms with Gasteiger partial charge < -0.3 is 14.9 Å². The molecule has 1 saturated heterocycles. The van der Waals surface area contributed by atoms with E-state index in [2.05, 4.69) is 8.83 Å². The van der Waals surface area contributed by atoms with Crippen molar-refractivity contribution in [1.82, 2.24) is 14.4 Å². The number of aromatic nitrogens is 2. The number of nitrogens with one attached hydrogen (secondary N) is 2. The Bertz CT molecular complexity index is 823. The molecule has 29 heavy (non-hydrogen) atoms. The molecule has 0 aliphatic carbocycles. The lowest BCUT2D eigenvalue weighted by Crippen LogP contribution is -2.37. The molecule has 11 N–H and O–H groups in total. The summed E-state index contributed by atoms with van der Waals surface area (Å²) in [6.07, 6.45) is -5.34. The topological polar surface area (TPSA) is 277 Å². The summed E-state index contributed by atoms with van der Waals surface area (Å²) in [4.78, 5) is 89.9. The van der Waals surface area contributed by atoms with E-state index in [1.165, 1.54) is 4.86 Å². The zero-order chi connectivity index (χ0) is 22.2. The van der Waals surface area contributed by atoms with Gasteiger partial charge in [0.15, 0.2) is 6.23 Å². The Morgan fingerprint density at radius 1 is 1.07 bits per heavy atom. The largest absolute Gasteiger partial charge is 0.616 e. The Labute approximate surface area is 161 Å². The molecule has 1 aromatic rings. The van der Waals surface area contributed by atoms with E-state index in [1.54, 1.807) is 0 Å². The van der Waals surface area contributed by atoms with Gasteiger partial charge in [0.1, 0.15) is 24.9 Å². The highest BCUT2D eigenvalue weighted by Crippen LogP contribution is 2.69. The molecule has 20 heteroatoms. The van der Waals surface area contributed by atoms with Gasteiger partial charge in [0, 0.05) is 12.3 Å². The lowest BCUT2D eigenvalue weighted by atomic mass is 10.1. The van der Waals surface area contributed by atoms with E-state index in [0.29, 0.717) is 0 Å². The predicted molar refractivity (Wildman–Crippen MR) is 93.7 cm³/mol. The highest BCUT2D eigenvalue weighted by molar-refractivity contribution is 7.77. The van der Waals surface area contributed by atoms with Crippen LogP contribution < -0.4 is 16.1 Å². The minimum Gasteiger partial charge on any atom is -0.387 e. The van der Waals surface area contributed by atoms with Crippen molar-refractivity contribution in [1.29, 1.82) is 0 Å². The normalized spacial score (nSPS) is 26.1. The van der Waals surface area contributed by atoms with Gasteiger partial charge in [-0.3, -0.25) is 14.3 Å². The smallest absolute Gasteiger partial charge is 0.387 e. The first-order valence-corrected chi connectivity index (χ1v) is 12.1. The molecule has 0 amide bonds. The average Bonchev–Trinajstić information content (AvgIpc) is 2.78. The van der Waals surface area contributed by atoms with Crippen LogP contribution in [0.3, 0.4) is 0 Å². The van der Waals surface area contributed by atoms with Crippen molar-refractivity contribution in [2.45, 2.75) is 24.5 Å². The number of aliphatic hydroxyl groups is 2. The Hall–Kier alpha value is -0.550. The summed E-state index contributed by atoms with van der Waals surface area (Å²) >= 11 is 0. The third-order valence-electron chi connectivity index (χ3n) is 3.37. The van der Waals surface area contributed by atoms with E-state index >= 15 is 0 Å². The predicted octanol–water partition coefficient (Wildman–Crippen LogP) is -4.24. The van der Waals surface area contributed by atoms with Crippen molar-refractivity contribution < 1.29 is 58.0 Å². The van der Waals surface area contributed by atoms with Crippen LogP contribution in [-0.4, -0.2) is 78.9 Å². The van der Waals surface area contributed by atoms with E-state index in [4.69, 9.17) is 19.4 Å². The summed E-state index contributed by atoms with van der Waals surface area (Å²) in [5.74, 6) is 0. The molecule has 17 nitrogen and oxygen atoms in total. The summed E-state index contributed by atoms with van der Waals surface area (Å²) < 4.78 is 14.3. The van der Waals surface area contributed by atoms with Gasteiger partial charge in [0.2, 0.25) is 0 Å². The molecule has 2 rings (SSSR count). The number of nitrogens with zero attached hydrogens (tertiary/aromatic N) is 1. The molecule has 166 valence electrons. The first-order chi connectivity index (χ1) is 13.1. The summed E-state index contributed by atoms with van der Waals surface area (Å²) in [7, 11) is -15.2. The maximum absolute atomic E-state index is 11.8. The van der Waals surface area contributed by atoms with Crippen LogP contribution in [0.1, 0.15) is 6.23 Å². The van der Waals surface area contributed by atoms with E-state index in [9.17, 15) is 39.4 Å². The highest BCUT2D eigenvalue weighted by atomic mass is 31.3. The van der Waals surface area contributed by atoms with Crippen LogP contribution in [0.2, 0.25) is 0 Å². The van der Waals surface area contributed by atoms with Crippen molar-refractivity contribution in [3.8, 4) is 0 Å². The van der Waals surface area contributed by atoms with Crippen LogP contribution in [0.25, 0.3) is 0 Å². The molecule has 2 heterocycles. The van der Waals surface area contributed by atoms with Crippen LogP contribution in [0.5, 0.6) is 0 Å². The van der Waals surface area contributed by atoms with Gasteiger partial charge in [-0.2, -0.15) is 38.8 Å². The number of aromatic amines is 1. The van der Waals surface area contributed by atoms with Gasteiger partial charge in [-0.05, 0) is 0 Å². The Morgan fingerprint density at radius 2 is 1.69 bits per heavy atom. The minimum atomic E-state index is -5.16. The second-order valence-corrected chi connectivity index (χ2v) is 10.6. The Morgan fingerprint density at radius 3 is 2.24 bits per heavy atom. The number of hydrogen-bond acceptors (Lipinski definition) is 15. The molecule has 0 radical (unpaired) electrons. The van der Waals surface area contributed by atoms with Gasteiger partial charge in [0.25, 0.3) is 5.56 Å². The van der Waals surface area contributed by atoms with Crippen molar-refractivity contribution in [2.75, 3.05) is 6.61 Å². The molecular formula is C9H19N3O14P3+3. The number of ether oxygens (including phenoxy) is 1. The van der Waals surface area contributed by atoms with Crippen molar-refractivity contribution in [3.05, 3.63) is 33.1 Å². The fourth-order valence-corrected chi connectivity index (χ4v) is 5.91. The standard InChI is InChI=1S/C9H18N3O14P3/c13-5-1-2-12(9(16)10-5)8-7(15)6(14)4(25-8)3-24-27(17,18)11-28(19,20)26-29(21,22)23/h1-2,4,6-8,11,14-15,17-23H,3H2/q+2/p+1/t4-,6-,7-,8-/m1/s1. The Balaban J connectivity index is 2.03. The van der Waals surface area contributed by atoms with Crippen LogP contribution in [0, 0.1) is 0 Å². The second kappa shape index (κ2) is 8.90. The van der Waals surface area contributed by atoms with Crippen molar-refractivity contribution >= 4 is 24.4 Å². The average molecular weight is 486 g/mol. The molecule has 0 saturated carbocycles. The van der Waals surface area contributed by atoms with E-state index in [1.807, 2.05) is 4.98 Å². The quantitative estimate of drug-likeness (QED) is 0.155. The zero-order valence-corrected chi connectivity index (χ0v) is 16.7. The molecule has 1 fully saturated rings. The second-order valence-electron chi connectivity index (χ2n) is 5.64. The third kappa shape index (κ3) is 6.99. The van der Waals surface area contributed by atoms with E-state index in [-0.39, 0.29) is 0 Å².